The molecule has 0 aromatic heterocycles. The Hall–Kier alpha value is -1.06. The number of unbranched alkanes of at least 4 members (excludes halogenated alkanes) is 23. The summed E-state index contributed by atoms with van der Waals surface area (Å²) in [7, 11) is 0. The molecule has 0 bridgehead atoms. The molecule has 0 aliphatic heterocycles. The topological polar surface area (TPSA) is 63.6 Å². The van der Waals surface area contributed by atoms with E-state index in [1.165, 1.54) is 141 Å². The van der Waals surface area contributed by atoms with Gasteiger partial charge in [0.2, 0.25) is 0 Å². The second-order valence-electron chi connectivity index (χ2n) is 11.0. The van der Waals surface area contributed by atoms with Crippen molar-refractivity contribution in [1.82, 2.24) is 0 Å². The van der Waals surface area contributed by atoms with Gasteiger partial charge in [-0.25, -0.2) is 0 Å². The van der Waals surface area contributed by atoms with Crippen LogP contribution in [0.25, 0.3) is 0 Å². The third-order valence-corrected chi connectivity index (χ3v) is 7.39. The lowest BCUT2D eigenvalue weighted by Gasteiger charge is -2.13. The van der Waals surface area contributed by atoms with Crippen LogP contribution in [0.2, 0.25) is 0 Å². The fraction of sp³-hybridized carbons (Fsp3) is 0.938. The second-order valence-corrected chi connectivity index (χ2v) is 11.0. The van der Waals surface area contributed by atoms with Crippen molar-refractivity contribution in [2.24, 2.45) is 0 Å². The number of hydrogen-bond donors (Lipinski definition) is 1. The zero-order valence-electron chi connectivity index (χ0n) is 24.3. The lowest BCUT2D eigenvalue weighted by atomic mass is 10.0. The van der Waals surface area contributed by atoms with E-state index in [9.17, 15) is 9.59 Å². The highest BCUT2D eigenvalue weighted by Crippen LogP contribution is 2.16. The highest BCUT2D eigenvalue weighted by molar-refractivity contribution is 5.71. The maximum absolute atomic E-state index is 11.8. The van der Waals surface area contributed by atoms with Gasteiger partial charge in [0, 0.05) is 6.42 Å². The van der Waals surface area contributed by atoms with Crippen LogP contribution in [0, 0.1) is 0 Å². The number of esters is 1. The Kier molecular flexibility index (Phi) is 27.7. The quantitative estimate of drug-likeness (QED) is 0.0802. The highest BCUT2D eigenvalue weighted by atomic mass is 16.5. The summed E-state index contributed by atoms with van der Waals surface area (Å²) < 4.78 is 5.24. The van der Waals surface area contributed by atoms with Gasteiger partial charge in [-0.15, -0.1) is 0 Å². The van der Waals surface area contributed by atoms with Gasteiger partial charge in [-0.05, 0) is 12.8 Å². The highest BCUT2D eigenvalue weighted by Gasteiger charge is 2.15. The molecule has 1 atom stereocenters. The van der Waals surface area contributed by atoms with Crippen molar-refractivity contribution in [3.05, 3.63) is 0 Å². The first kappa shape index (κ1) is 34.9. The van der Waals surface area contributed by atoms with Crippen molar-refractivity contribution in [1.29, 1.82) is 0 Å². The van der Waals surface area contributed by atoms with Crippen LogP contribution < -0.4 is 0 Å². The second kappa shape index (κ2) is 28.5. The van der Waals surface area contributed by atoms with E-state index >= 15 is 0 Å². The van der Waals surface area contributed by atoms with Crippen LogP contribution in [0.5, 0.6) is 0 Å². The molecule has 0 fully saturated rings. The standard InChI is InChI=1S/C32H62O4/c1-3-5-6-7-8-9-10-11-12-13-14-15-16-17-18-19-20-21-22-23-24-25-26-27-28-32(35)36-30(4-2)29-31(33)34/h30H,3-29H2,1-2H3,(H,33,34). The van der Waals surface area contributed by atoms with Gasteiger partial charge < -0.3 is 9.84 Å². The number of carboxylic acids is 1. The van der Waals surface area contributed by atoms with Crippen LogP contribution in [-0.2, 0) is 14.3 Å². The van der Waals surface area contributed by atoms with E-state index in [1.807, 2.05) is 6.92 Å². The molecule has 0 amide bonds. The Morgan fingerprint density at radius 3 is 1.11 bits per heavy atom. The summed E-state index contributed by atoms with van der Waals surface area (Å²) >= 11 is 0. The summed E-state index contributed by atoms with van der Waals surface area (Å²) in [6.07, 6.45) is 33.1. The monoisotopic (exact) mass is 510 g/mol. The first-order valence-corrected chi connectivity index (χ1v) is 16.0. The third kappa shape index (κ3) is 27.5. The fourth-order valence-corrected chi connectivity index (χ4v) is 4.94. The van der Waals surface area contributed by atoms with Crippen molar-refractivity contribution in [2.45, 2.75) is 193 Å². The van der Waals surface area contributed by atoms with E-state index in [-0.39, 0.29) is 12.4 Å². The van der Waals surface area contributed by atoms with Crippen LogP contribution >= 0.6 is 0 Å². The number of carboxylic acid groups (broad SMARTS) is 1. The molecule has 36 heavy (non-hydrogen) atoms. The van der Waals surface area contributed by atoms with Gasteiger partial charge in [0.1, 0.15) is 6.10 Å². The summed E-state index contributed by atoms with van der Waals surface area (Å²) in [5, 5.41) is 8.81. The molecule has 0 radical (unpaired) electrons. The molecule has 1 unspecified atom stereocenters. The van der Waals surface area contributed by atoms with Crippen molar-refractivity contribution in [3.63, 3.8) is 0 Å². The Balaban J connectivity index is 3.20. The molecule has 0 spiro atoms. The van der Waals surface area contributed by atoms with Crippen LogP contribution in [0.3, 0.4) is 0 Å². The zero-order valence-corrected chi connectivity index (χ0v) is 24.3. The molecule has 0 saturated carbocycles. The summed E-state index contributed by atoms with van der Waals surface area (Å²) in [4.78, 5) is 22.5. The van der Waals surface area contributed by atoms with Crippen LogP contribution in [-0.4, -0.2) is 23.1 Å². The molecule has 0 saturated heterocycles. The Labute approximate surface area is 224 Å². The average Bonchev–Trinajstić information content (AvgIpc) is 2.86. The van der Waals surface area contributed by atoms with Gasteiger partial charge in [0.15, 0.2) is 0 Å². The predicted molar refractivity (Wildman–Crippen MR) is 154 cm³/mol. The van der Waals surface area contributed by atoms with Gasteiger partial charge in [0.25, 0.3) is 0 Å². The first-order chi connectivity index (χ1) is 17.6. The number of aliphatic carboxylic acids is 1. The minimum absolute atomic E-state index is 0.0956. The molecular formula is C32H62O4. The van der Waals surface area contributed by atoms with Crippen LogP contribution in [0.15, 0.2) is 0 Å². The summed E-state index contributed by atoms with van der Waals surface area (Å²) in [6.45, 7) is 4.14. The van der Waals surface area contributed by atoms with Crippen LogP contribution in [0.4, 0.5) is 0 Å². The Morgan fingerprint density at radius 2 is 0.833 bits per heavy atom. The third-order valence-electron chi connectivity index (χ3n) is 7.39. The van der Waals surface area contributed by atoms with E-state index in [0.717, 1.165) is 12.8 Å². The average molecular weight is 511 g/mol. The summed E-state index contributed by atoms with van der Waals surface area (Å²) in [5.41, 5.74) is 0. The van der Waals surface area contributed by atoms with Crippen molar-refractivity contribution < 1.29 is 19.4 Å². The van der Waals surface area contributed by atoms with Crippen LogP contribution in [0.1, 0.15) is 187 Å². The van der Waals surface area contributed by atoms with E-state index in [1.54, 1.807) is 0 Å². The number of carbonyl (C=O) groups excluding carboxylic acids is 1. The van der Waals surface area contributed by atoms with Crippen molar-refractivity contribution in [3.8, 4) is 0 Å². The van der Waals surface area contributed by atoms with Crippen molar-refractivity contribution in [2.75, 3.05) is 0 Å². The maximum Gasteiger partial charge on any atom is 0.307 e. The predicted octanol–water partition coefficient (Wildman–Crippen LogP) is 10.6. The Morgan fingerprint density at radius 1 is 0.528 bits per heavy atom. The molecule has 0 aliphatic rings. The van der Waals surface area contributed by atoms with Gasteiger partial charge in [0.05, 0.1) is 6.42 Å². The minimum atomic E-state index is -0.913. The molecule has 4 heteroatoms. The normalized spacial score (nSPS) is 12.1. The molecule has 0 heterocycles. The SMILES string of the molecule is CCCCCCCCCCCCCCCCCCCCCCCCCCC(=O)OC(CC)CC(=O)O. The molecule has 0 aromatic rings. The van der Waals surface area contributed by atoms with E-state index in [0.29, 0.717) is 12.8 Å². The number of carbonyl (C=O) groups is 2. The zero-order chi connectivity index (χ0) is 26.5. The molecule has 214 valence electrons. The summed E-state index contributed by atoms with van der Waals surface area (Å²) in [6, 6.07) is 0. The fourth-order valence-electron chi connectivity index (χ4n) is 4.94. The maximum atomic E-state index is 11.8. The van der Waals surface area contributed by atoms with E-state index in [2.05, 4.69) is 6.92 Å². The number of ether oxygens (including phenoxy) is 1. The molecule has 0 aromatic carbocycles. The van der Waals surface area contributed by atoms with E-state index in [4.69, 9.17) is 9.84 Å². The number of rotatable bonds is 29. The molecule has 1 N–H and O–H groups in total. The lowest BCUT2D eigenvalue weighted by Crippen LogP contribution is -2.20. The van der Waals surface area contributed by atoms with Gasteiger partial charge in [-0.3, -0.25) is 9.59 Å². The molecule has 0 rings (SSSR count). The van der Waals surface area contributed by atoms with E-state index < -0.39 is 12.1 Å². The molecular weight excluding hydrogens is 448 g/mol. The summed E-state index contributed by atoms with van der Waals surface area (Å²) in [5.74, 6) is -1.16. The first-order valence-electron chi connectivity index (χ1n) is 16.0. The Bertz CT molecular complexity index is 477. The van der Waals surface area contributed by atoms with Gasteiger partial charge >= 0.3 is 11.9 Å². The van der Waals surface area contributed by atoms with Gasteiger partial charge in [-0.1, -0.05) is 162 Å². The van der Waals surface area contributed by atoms with Crippen molar-refractivity contribution >= 4 is 11.9 Å². The largest absolute Gasteiger partial charge is 0.481 e. The molecule has 4 nitrogen and oxygen atoms in total. The minimum Gasteiger partial charge on any atom is -0.481 e. The smallest absolute Gasteiger partial charge is 0.307 e. The number of hydrogen-bond acceptors (Lipinski definition) is 3. The molecule has 0 aliphatic carbocycles. The lowest BCUT2D eigenvalue weighted by molar-refractivity contribution is -0.153. The van der Waals surface area contributed by atoms with Gasteiger partial charge in [-0.2, -0.15) is 0 Å².